The molecule has 0 atom stereocenters. The van der Waals surface area contributed by atoms with Crippen molar-refractivity contribution in [2.45, 2.75) is 33.2 Å². The minimum absolute atomic E-state index is 0.0183. The Morgan fingerprint density at radius 3 is 2.37 bits per heavy atom. The third kappa shape index (κ3) is 3.70. The van der Waals surface area contributed by atoms with Gasteiger partial charge in [0.2, 0.25) is 0 Å². The van der Waals surface area contributed by atoms with Crippen LogP contribution in [0.15, 0.2) is 47.5 Å². The Labute approximate surface area is 162 Å². The number of rotatable bonds is 5. The summed E-state index contributed by atoms with van der Waals surface area (Å²) in [4.78, 5) is 7.01. The van der Waals surface area contributed by atoms with Crippen molar-refractivity contribution in [3.8, 4) is 11.5 Å². The van der Waals surface area contributed by atoms with E-state index in [2.05, 4.69) is 55.8 Å². The van der Waals surface area contributed by atoms with E-state index in [4.69, 9.17) is 9.47 Å². The van der Waals surface area contributed by atoms with E-state index in [0.717, 1.165) is 29.3 Å². The van der Waals surface area contributed by atoms with Crippen molar-refractivity contribution in [2.24, 2.45) is 4.99 Å². The van der Waals surface area contributed by atoms with Gasteiger partial charge in [-0.3, -0.25) is 4.99 Å². The van der Waals surface area contributed by atoms with Crippen molar-refractivity contribution >= 4 is 23.2 Å². The predicted molar refractivity (Wildman–Crippen MR) is 114 cm³/mol. The molecule has 0 bridgehead atoms. The van der Waals surface area contributed by atoms with Crippen LogP contribution in [0.4, 0.5) is 11.4 Å². The number of hydrogen-bond donors (Lipinski definition) is 0. The van der Waals surface area contributed by atoms with Gasteiger partial charge >= 0.3 is 0 Å². The van der Waals surface area contributed by atoms with E-state index in [0.29, 0.717) is 0 Å². The van der Waals surface area contributed by atoms with E-state index in [1.54, 1.807) is 14.2 Å². The Hall–Kier alpha value is -2.75. The van der Waals surface area contributed by atoms with E-state index >= 15 is 0 Å². The van der Waals surface area contributed by atoms with Gasteiger partial charge < -0.3 is 14.4 Å². The molecule has 1 heterocycles. The van der Waals surface area contributed by atoms with E-state index in [-0.39, 0.29) is 5.54 Å². The molecule has 2 aromatic rings. The Kier molecular flexibility index (Phi) is 5.26. The first-order chi connectivity index (χ1) is 12.9. The third-order valence-corrected chi connectivity index (χ3v) is 5.07. The Morgan fingerprint density at radius 1 is 1.07 bits per heavy atom. The van der Waals surface area contributed by atoms with Gasteiger partial charge in [-0.05, 0) is 63.6 Å². The van der Waals surface area contributed by atoms with E-state index < -0.39 is 0 Å². The minimum Gasteiger partial charge on any atom is -0.497 e. The molecule has 0 spiro atoms. The quantitative estimate of drug-likeness (QED) is 0.659. The molecule has 1 aliphatic heterocycles. The summed E-state index contributed by atoms with van der Waals surface area (Å²) in [5, 5.41) is 0. The van der Waals surface area contributed by atoms with Crippen LogP contribution < -0.4 is 14.4 Å². The molecule has 0 saturated heterocycles. The first-order valence-electron chi connectivity index (χ1n) is 9.27. The lowest BCUT2D eigenvalue weighted by Gasteiger charge is -2.43. The summed E-state index contributed by atoms with van der Waals surface area (Å²) in [6.07, 6.45) is 4.19. The molecule has 0 amide bonds. The second-order valence-corrected chi connectivity index (χ2v) is 7.29. The number of anilines is 1. The van der Waals surface area contributed by atoms with Gasteiger partial charge in [0.25, 0.3) is 0 Å². The van der Waals surface area contributed by atoms with Crippen LogP contribution in [0.2, 0.25) is 0 Å². The SMILES string of the molecule is CCN1c2cc(OC)c(C=Nc3ccc(OC)cc3)cc2C(C)=CC1(C)C. The van der Waals surface area contributed by atoms with Gasteiger partial charge in [-0.25, -0.2) is 0 Å². The molecular formula is C23H28N2O2. The van der Waals surface area contributed by atoms with Crippen molar-refractivity contribution in [1.82, 2.24) is 0 Å². The molecule has 0 N–H and O–H groups in total. The Balaban J connectivity index is 2.02. The highest BCUT2D eigenvalue weighted by Crippen LogP contribution is 2.41. The van der Waals surface area contributed by atoms with Crippen LogP contribution in [-0.4, -0.2) is 32.5 Å². The fraction of sp³-hybridized carbons (Fsp3) is 0.348. The second-order valence-electron chi connectivity index (χ2n) is 7.29. The van der Waals surface area contributed by atoms with Crippen LogP contribution in [0.1, 0.15) is 38.8 Å². The summed E-state index contributed by atoms with van der Waals surface area (Å²) >= 11 is 0. The number of allylic oxidation sites excluding steroid dienone is 1. The average molecular weight is 364 g/mol. The average Bonchev–Trinajstić information content (AvgIpc) is 2.66. The predicted octanol–water partition coefficient (Wildman–Crippen LogP) is 5.48. The molecular weight excluding hydrogens is 336 g/mol. The van der Waals surface area contributed by atoms with Gasteiger partial charge in [0.05, 0.1) is 25.4 Å². The van der Waals surface area contributed by atoms with E-state index in [9.17, 15) is 0 Å². The highest BCUT2D eigenvalue weighted by atomic mass is 16.5. The van der Waals surface area contributed by atoms with Crippen molar-refractivity contribution in [1.29, 1.82) is 0 Å². The summed E-state index contributed by atoms with van der Waals surface area (Å²) in [5.41, 5.74) is 5.54. The summed E-state index contributed by atoms with van der Waals surface area (Å²) < 4.78 is 10.9. The topological polar surface area (TPSA) is 34.1 Å². The first kappa shape index (κ1) is 19.0. The van der Waals surface area contributed by atoms with Crippen LogP contribution in [0.25, 0.3) is 5.57 Å². The van der Waals surface area contributed by atoms with Gasteiger partial charge in [-0.1, -0.05) is 6.08 Å². The second kappa shape index (κ2) is 7.47. The number of aliphatic imine (C=N–C) groups is 1. The fourth-order valence-electron chi connectivity index (χ4n) is 3.79. The van der Waals surface area contributed by atoms with Gasteiger partial charge in [-0.15, -0.1) is 0 Å². The lowest BCUT2D eigenvalue weighted by molar-refractivity contribution is 0.413. The maximum Gasteiger partial charge on any atom is 0.129 e. The number of ether oxygens (including phenoxy) is 2. The molecule has 142 valence electrons. The molecule has 0 fully saturated rings. The number of hydrogen-bond acceptors (Lipinski definition) is 4. The molecule has 0 saturated carbocycles. The normalized spacial score (nSPS) is 15.5. The maximum atomic E-state index is 5.68. The summed E-state index contributed by atoms with van der Waals surface area (Å²) in [7, 11) is 3.37. The fourth-order valence-corrected chi connectivity index (χ4v) is 3.79. The number of methoxy groups -OCH3 is 2. The largest absolute Gasteiger partial charge is 0.497 e. The first-order valence-corrected chi connectivity index (χ1v) is 9.27. The van der Waals surface area contributed by atoms with Crippen LogP contribution in [0.5, 0.6) is 11.5 Å². The zero-order valence-corrected chi connectivity index (χ0v) is 17.0. The summed E-state index contributed by atoms with van der Waals surface area (Å²) in [5.74, 6) is 1.65. The lowest BCUT2D eigenvalue weighted by Crippen LogP contribution is -2.44. The molecule has 0 aromatic heterocycles. The lowest BCUT2D eigenvalue weighted by atomic mass is 9.88. The molecule has 0 unspecified atom stereocenters. The van der Waals surface area contributed by atoms with Crippen molar-refractivity contribution in [3.63, 3.8) is 0 Å². The Morgan fingerprint density at radius 2 is 1.78 bits per heavy atom. The smallest absolute Gasteiger partial charge is 0.129 e. The maximum absolute atomic E-state index is 5.68. The van der Waals surface area contributed by atoms with Gasteiger partial charge in [0.15, 0.2) is 0 Å². The van der Waals surface area contributed by atoms with E-state index in [1.807, 2.05) is 30.5 Å². The van der Waals surface area contributed by atoms with Crippen molar-refractivity contribution < 1.29 is 9.47 Å². The van der Waals surface area contributed by atoms with Crippen LogP contribution in [0.3, 0.4) is 0 Å². The molecule has 0 radical (unpaired) electrons. The number of likely N-dealkylation sites (N-methyl/N-ethyl adjacent to an activating group) is 1. The molecule has 0 aliphatic carbocycles. The van der Waals surface area contributed by atoms with Gasteiger partial charge in [0, 0.05) is 35.6 Å². The van der Waals surface area contributed by atoms with Crippen molar-refractivity contribution in [2.75, 3.05) is 25.7 Å². The third-order valence-electron chi connectivity index (χ3n) is 5.07. The molecule has 27 heavy (non-hydrogen) atoms. The molecule has 1 aliphatic rings. The summed E-state index contributed by atoms with van der Waals surface area (Å²) in [6.45, 7) is 9.78. The Bertz CT molecular complexity index is 880. The molecule has 4 heteroatoms. The monoisotopic (exact) mass is 364 g/mol. The van der Waals surface area contributed by atoms with Crippen LogP contribution in [-0.2, 0) is 0 Å². The van der Waals surface area contributed by atoms with Gasteiger partial charge in [0.1, 0.15) is 11.5 Å². The molecule has 3 rings (SSSR count). The number of benzene rings is 2. The molecule has 4 nitrogen and oxygen atoms in total. The van der Waals surface area contributed by atoms with Crippen LogP contribution in [0, 0.1) is 0 Å². The van der Waals surface area contributed by atoms with E-state index in [1.165, 1.54) is 16.8 Å². The standard InChI is InChI=1S/C23H28N2O2/c1-7-25-21-13-22(27-6)17(12-20(21)16(2)14-23(25,3)4)15-24-18-8-10-19(26-5)11-9-18/h8-15H,7H2,1-6H3. The highest BCUT2D eigenvalue weighted by molar-refractivity contribution is 5.92. The highest BCUT2D eigenvalue weighted by Gasteiger charge is 2.31. The van der Waals surface area contributed by atoms with Gasteiger partial charge in [-0.2, -0.15) is 0 Å². The minimum atomic E-state index is -0.0183. The molecule has 2 aromatic carbocycles. The number of fused-ring (bicyclic) bond motifs is 1. The zero-order valence-electron chi connectivity index (χ0n) is 17.0. The summed E-state index contributed by atoms with van der Waals surface area (Å²) in [6, 6.07) is 12.0. The zero-order chi connectivity index (χ0) is 19.6. The van der Waals surface area contributed by atoms with Crippen LogP contribution >= 0.6 is 0 Å². The van der Waals surface area contributed by atoms with Crippen molar-refractivity contribution in [3.05, 3.63) is 53.6 Å². The number of nitrogens with zero attached hydrogens (tertiary/aromatic N) is 2.